The van der Waals surface area contributed by atoms with Crippen molar-refractivity contribution in [2.45, 2.75) is 55.4 Å². The molecule has 0 bridgehead atoms. The lowest BCUT2D eigenvalue weighted by Crippen LogP contribution is -2.14. The molecule has 0 rings (SSSR count). The van der Waals surface area contributed by atoms with Crippen molar-refractivity contribution in [1.82, 2.24) is 0 Å². The summed E-state index contributed by atoms with van der Waals surface area (Å²) >= 11 is 0. The van der Waals surface area contributed by atoms with Crippen LogP contribution in [-0.2, 0) is 13.4 Å². The minimum atomic E-state index is -3.20. The van der Waals surface area contributed by atoms with E-state index in [0.29, 0.717) is 23.7 Å². The molecular weight excluding hydrogens is 310 g/mol. The zero-order chi connectivity index (χ0) is 17.3. The first kappa shape index (κ1) is 23.3. The van der Waals surface area contributed by atoms with Crippen LogP contribution >= 0.6 is 16.5 Å². The van der Waals surface area contributed by atoms with E-state index < -0.39 is 16.5 Å². The summed E-state index contributed by atoms with van der Waals surface area (Å²) in [4.78, 5) is 15.4. The highest BCUT2D eigenvalue weighted by Crippen LogP contribution is 2.32. The third-order valence-corrected chi connectivity index (χ3v) is 4.39. The van der Waals surface area contributed by atoms with Crippen LogP contribution < -0.4 is 0 Å². The fourth-order valence-electron chi connectivity index (χ4n) is 2.74. The standard InChI is InChI=1S/C14H28.H4O5P2/c1-9(2)13(10(3)4)14(11(5)6)12(7)8;1-6(2)5-7(3)4/h9-12H,1-8H3;6-7H,(H,1,2)(H,3,4). The molecule has 7 heteroatoms. The van der Waals surface area contributed by atoms with Gasteiger partial charge in [-0.15, -0.1) is 0 Å². The van der Waals surface area contributed by atoms with Gasteiger partial charge in [0.2, 0.25) is 0 Å². The topological polar surface area (TPSA) is 83.8 Å². The van der Waals surface area contributed by atoms with Crippen LogP contribution in [0.15, 0.2) is 11.1 Å². The van der Waals surface area contributed by atoms with Gasteiger partial charge in [-0.3, -0.25) is 9.13 Å². The lowest BCUT2D eigenvalue weighted by Gasteiger charge is -2.27. The van der Waals surface area contributed by atoms with E-state index in [1.807, 2.05) is 0 Å². The minimum absolute atomic E-state index is 0.690. The summed E-state index contributed by atoms with van der Waals surface area (Å²) in [6.07, 6.45) is 0. The maximum Gasteiger partial charge on any atom is 0.323 e. The molecule has 0 aliphatic heterocycles. The average molecular weight is 342 g/mol. The van der Waals surface area contributed by atoms with Crippen molar-refractivity contribution in [3.63, 3.8) is 0 Å². The molecule has 0 aliphatic carbocycles. The first-order chi connectivity index (χ1) is 9.41. The van der Waals surface area contributed by atoms with E-state index >= 15 is 0 Å². The Morgan fingerprint density at radius 1 is 0.667 bits per heavy atom. The molecule has 21 heavy (non-hydrogen) atoms. The molecule has 0 spiro atoms. The largest absolute Gasteiger partial charge is 0.326 e. The highest BCUT2D eigenvalue weighted by molar-refractivity contribution is 7.46. The predicted octanol–water partition coefficient (Wildman–Crippen LogP) is 4.67. The third kappa shape index (κ3) is 11.3. The molecule has 2 unspecified atom stereocenters. The monoisotopic (exact) mass is 342 g/mol. The van der Waals surface area contributed by atoms with E-state index in [1.165, 1.54) is 0 Å². The van der Waals surface area contributed by atoms with Crippen LogP contribution in [0.3, 0.4) is 0 Å². The molecule has 5 nitrogen and oxygen atoms in total. The van der Waals surface area contributed by atoms with Crippen molar-refractivity contribution >= 4 is 16.5 Å². The summed E-state index contributed by atoms with van der Waals surface area (Å²) in [5, 5.41) is 0. The molecule has 0 radical (unpaired) electrons. The summed E-state index contributed by atoms with van der Waals surface area (Å²) in [6.45, 7) is 18.6. The lowest BCUT2D eigenvalue weighted by atomic mass is 9.79. The summed E-state index contributed by atoms with van der Waals surface area (Å²) in [5.74, 6) is 2.76. The smallest absolute Gasteiger partial charge is 0.323 e. The molecular formula is C14H32O5P2. The Balaban J connectivity index is 0. The van der Waals surface area contributed by atoms with Crippen molar-refractivity contribution < 1.29 is 23.2 Å². The van der Waals surface area contributed by atoms with E-state index in [1.54, 1.807) is 11.1 Å². The van der Waals surface area contributed by atoms with Gasteiger partial charge < -0.3 is 9.79 Å². The van der Waals surface area contributed by atoms with Gasteiger partial charge in [-0.05, 0) is 23.7 Å². The zero-order valence-electron chi connectivity index (χ0n) is 14.4. The Morgan fingerprint density at radius 3 is 0.905 bits per heavy atom. The second kappa shape index (κ2) is 11.6. The molecule has 0 heterocycles. The Bertz CT molecular complexity index is 320. The molecule has 0 aromatic rings. The van der Waals surface area contributed by atoms with Crippen molar-refractivity contribution in [2.24, 2.45) is 23.7 Å². The molecule has 0 fully saturated rings. The molecule has 0 saturated heterocycles. The molecule has 2 atom stereocenters. The Kier molecular flexibility index (Phi) is 12.9. The van der Waals surface area contributed by atoms with Gasteiger partial charge in [0, 0.05) is 0 Å². The van der Waals surface area contributed by atoms with Crippen LogP contribution in [0.25, 0.3) is 0 Å². The van der Waals surface area contributed by atoms with Gasteiger partial charge in [-0.2, -0.15) is 0 Å². The normalized spacial score (nSPS) is 14.2. The fraction of sp³-hybridized carbons (Fsp3) is 0.857. The molecule has 0 saturated carbocycles. The van der Waals surface area contributed by atoms with E-state index in [9.17, 15) is 9.13 Å². The van der Waals surface area contributed by atoms with Crippen LogP contribution in [0, 0.1) is 23.7 Å². The molecule has 0 aromatic carbocycles. The second-order valence-corrected chi connectivity index (χ2v) is 8.04. The van der Waals surface area contributed by atoms with Gasteiger partial charge in [0.15, 0.2) is 0 Å². The molecule has 0 aromatic heterocycles. The van der Waals surface area contributed by atoms with E-state index in [4.69, 9.17) is 9.79 Å². The predicted molar refractivity (Wildman–Crippen MR) is 89.9 cm³/mol. The maximum absolute atomic E-state index is 9.44. The van der Waals surface area contributed by atoms with Crippen LogP contribution in [0.2, 0.25) is 0 Å². The fourth-order valence-corrected chi connectivity index (χ4v) is 3.34. The van der Waals surface area contributed by atoms with E-state index in [0.717, 1.165) is 0 Å². The zero-order valence-corrected chi connectivity index (χ0v) is 16.4. The van der Waals surface area contributed by atoms with Crippen molar-refractivity contribution in [1.29, 1.82) is 0 Å². The number of rotatable bonds is 6. The second-order valence-electron chi connectivity index (χ2n) is 6.16. The van der Waals surface area contributed by atoms with Gasteiger partial charge in [-0.1, -0.05) is 66.5 Å². The third-order valence-electron chi connectivity index (χ3n) is 3.00. The van der Waals surface area contributed by atoms with E-state index in [-0.39, 0.29) is 0 Å². The van der Waals surface area contributed by atoms with Gasteiger partial charge in [0.05, 0.1) is 0 Å². The SMILES string of the molecule is CC(C)C(=C(C(C)C)C(C)C)C(C)C.O=[PH](O)O[PH](=O)O. The highest BCUT2D eigenvalue weighted by Gasteiger charge is 2.18. The van der Waals surface area contributed by atoms with Crippen LogP contribution in [-0.4, -0.2) is 9.79 Å². The summed E-state index contributed by atoms with van der Waals surface area (Å²) in [6, 6.07) is 0. The summed E-state index contributed by atoms with van der Waals surface area (Å²) in [5.41, 5.74) is 3.35. The average Bonchev–Trinajstić information content (AvgIpc) is 2.21. The molecule has 0 aliphatic rings. The maximum atomic E-state index is 9.44. The Morgan fingerprint density at radius 2 is 0.857 bits per heavy atom. The van der Waals surface area contributed by atoms with Crippen molar-refractivity contribution in [2.75, 3.05) is 0 Å². The number of hydrogen-bond acceptors (Lipinski definition) is 3. The Labute approximate surface area is 130 Å². The van der Waals surface area contributed by atoms with Crippen LogP contribution in [0.5, 0.6) is 0 Å². The van der Waals surface area contributed by atoms with E-state index in [2.05, 4.69) is 59.7 Å². The van der Waals surface area contributed by atoms with Gasteiger partial charge in [0.25, 0.3) is 0 Å². The van der Waals surface area contributed by atoms with Crippen LogP contribution in [0.4, 0.5) is 0 Å². The highest BCUT2D eigenvalue weighted by atomic mass is 31.2. The molecule has 0 amide bonds. The summed E-state index contributed by atoms with van der Waals surface area (Å²) < 4.78 is 22.3. The molecule has 2 N–H and O–H groups in total. The van der Waals surface area contributed by atoms with Gasteiger partial charge >= 0.3 is 16.5 Å². The Hall–Kier alpha value is 0.0800. The minimum Gasteiger partial charge on any atom is -0.326 e. The quantitative estimate of drug-likeness (QED) is 0.541. The van der Waals surface area contributed by atoms with Crippen LogP contribution in [0.1, 0.15) is 55.4 Å². The summed E-state index contributed by atoms with van der Waals surface area (Å²) in [7, 11) is -6.40. The molecule has 128 valence electrons. The van der Waals surface area contributed by atoms with Crippen molar-refractivity contribution in [3.05, 3.63) is 11.1 Å². The first-order valence-corrected chi connectivity index (χ1v) is 9.81. The van der Waals surface area contributed by atoms with Gasteiger partial charge in [0.1, 0.15) is 0 Å². The number of hydrogen-bond donors (Lipinski definition) is 2. The van der Waals surface area contributed by atoms with Crippen molar-refractivity contribution in [3.8, 4) is 0 Å². The first-order valence-electron chi connectivity index (χ1n) is 7.29. The number of allylic oxidation sites excluding steroid dienone is 2. The lowest BCUT2D eigenvalue weighted by molar-refractivity contribution is 0.371. The van der Waals surface area contributed by atoms with Gasteiger partial charge in [-0.25, -0.2) is 4.31 Å².